The van der Waals surface area contributed by atoms with E-state index >= 15 is 0 Å². The van der Waals surface area contributed by atoms with E-state index in [1.54, 1.807) is 6.07 Å². The van der Waals surface area contributed by atoms with Gasteiger partial charge in [0.25, 0.3) is 0 Å². The Morgan fingerprint density at radius 1 is 1.25 bits per heavy atom. The number of nitrogens with zero attached hydrogens (tertiary/aromatic N) is 1. The molecule has 2 aromatic rings. The smallest absolute Gasteiger partial charge is 0.0895 e. The Balaban J connectivity index is 2.78. The second-order valence-corrected chi connectivity index (χ2v) is 4.59. The lowest BCUT2D eigenvalue weighted by atomic mass is 10.1. The summed E-state index contributed by atoms with van der Waals surface area (Å²) in [4.78, 5) is 4.43. The highest BCUT2D eigenvalue weighted by Crippen LogP contribution is 2.29. The third-order valence-corrected chi connectivity index (χ3v) is 2.97. The van der Waals surface area contributed by atoms with Crippen molar-refractivity contribution >= 4 is 34.1 Å². The van der Waals surface area contributed by atoms with Crippen LogP contribution in [0.25, 0.3) is 10.9 Å². The Kier molecular flexibility index (Phi) is 3.33. The molecule has 0 aliphatic heterocycles. The molecular weight excluding hydrogens is 243 g/mol. The normalized spacial score (nSPS) is 11.0. The highest BCUT2D eigenvalue weighted by molar-refractivity contribution is 6.38. The molecule has 0 amide bonds. The van der Waals surface area contributed by atoms with Crippen molar-refractivity contribution in [3.05, 3.63) is 39.5 Å². The molecular formula is C12H12Cl2N2. The fourth-order valence-corrected chi connectivity index (χ4v) is 2.36. The van der Waals surface area contributed by atoms with Gasteiger partial charge in [0.05, 0.1) is 10.5 Å². The zero-order chi connectivity index (χ0) is 11.7. The van der Waals surface area contributed by atoms with E-state index in [1.165, 1.54) is 0 Å². The van der Waals surface area contributed by atoms with Crippen LogP contribution in [0.4, 0.5) is 0 Å². The molecule has 4 heteroatoms. The summed E-state index contributed by atoms with van der Waals surface area (Å²) in [6.07, 6.45) is 0.802. The third kappa shape index (κ3) is 2.14. The van der Waals surface area contributed by atoms with Crippen LogP contribution in [0.15, 0.2) is 18.2 Å². The zero-order valence-electron chi connectivity index (χ0n) is 8.93. The van der Waals surface area contributed by atoms with Gasteiger partial charge in [-0.25, -0.2) is 0 Å². The largest absolute Gasteiger partial charge is 0.330 e. The topological polar surface area (TPSA) is 38.9 Å². The summed E-state index contributed by atoms with van der Waals surface area (Å²) < 4.78 is 0. The van der Waals surface area contributed by atoms with Crippen molar-refractivity contribution in [2.75, 3.05) is 6.54 Å². The van der Waals surface area contributed by atoms with E-state index in [9.17, 15) is 0 Å². The van der Waals surface area contributed by atoms with E-state index < -0.39 is 0 Å². The number of nitrogens with two attached hydrogens (primary N) is 1. The van der Waals surface area contributed by atoms with E-state index in [0.717, 1.165) is 28.6 Å². The van der Waals surface area contributed by atoms with Gasteiger partial charge in [-0.05, 0) is 43.7 Å². The molecule has 84 valence electrons. The van der Waals surface area contributed by atoms with E-state index in [-0.39, 0.29) is 0 Å². The van der Waals surface area contributed by atoms with E-state index in [4.69, 9.17) is 28.9 Å². The molecule has 2 nitrogen and oxygen atoms in total. The van der Waals surface area contributed by atoms with Crippen LogP contribution >= 0.6 is 23.2 Å². The third-order valence-electron chi connectivity index (χ3n) is 2.46. The maximum absolute atomic E-state index is 6.13. The maximum Gasteiger partial charge on any atom is 0.0895 e. The van der Waals surface area contributed by atoms with Crippen molar-refractivity contribution in [2.24, 2.45) is 5.73 Å². The molecule has 0 aliphatic rings. The van der Waals surface area contributed by atoms with Crippen molar-refractivity contribution in [1.29, 1.82) is 0 Å². The van der Waals surface area contributed by atoms with Crippen LogP contribution in [0.5, 0.6) is 0 Å². The Bertz CT molecular complexity index is 538. The first-order valence-electron chi connectivity index (χ1n) is 5.07. The van der Waals surface area contributed by atoms with Gasteiger partial charge in [-0.15, -0.1) is 0 Å². The number of benzene rings is 1. The van der Waals surface area contributed by atoms with Crippen LogP contribution in [0.1, 0.15) is 11.3 Å². The molecule has 0 saturated carbocycles. The standard InChI is InChI=1S/C12H12Cl2N2/c1-7-4-8(2-3-15)10-5-9(13)6-11(14)12(10)16-7/h4-6H,2-3,15H2,1H3. The molecule has 1 aromatic heterocycles. The molecule has 0 spiro atoms. The fourth-order valence-electron chi connectivity index (χ4n) is 1.83. The lowest BCUT2D eigenvalue weighted by molar-refractivity contribution is 0.971. The summed E-state index contributed by atoms with van der Waals surface area (Å²) in [7, 11) is 0. The minimum Gasteiger partial charge on any atom is -0.330 e. The SMILES string of the molecule is Cc1cc(CCN)c2cc(Cl)cc(Cl)c2n1. The second kappa shape index (κ2) is 4.58. The molecule has 0 bridgehead atoms. The van der Waals surface area contributed by atoms with Gasteiger partial charge in [-0.3, -0.25) is 4.98 Å². The molecule has 16 heavy (non-hydrogen) atoms. The van der Waals surface area contributed by atoms with Crippen molar-refractivity contribution in [2.45, 2.75) is 13.3 Å². The van der Waals surface area contributed by atoms with Crippen LogP contribution in [-0.4, -0.2) is 11.5 Å². The number of hydrogen-bond donors (Lipinski definition) is 1. The summed E-state index contributed by atoms with van der Waals surface area (Å²) in [6, 6.07) is 5.63. The predicted octanol–water partition coefficient (Wildman–Crippen LogP) is 3.35. The van der Waals surface area contributed by atoms with Gasteiger partial charge < -0.3 is 5.73 Å². The van der Waals surface area contributed by atoms with Gasteiger partial charge >= 0.3 is 0 Å². The number of halogens is 2. The zero-order valence-corrected chi connectivity index (χ0v) is 10.4. The van der Waals surface area contributed by atoms with Crippen LogP contribution in [-0.2, 0) is 6.42 Å². The number of hydrogen-bond acceptors (Lipinski definition) is 2. The van der Waals surface area contributed by atoms with E-state index in [2.05, 4.69) is 4.98 Å². The quantitative estimate of drug-likeness (QED) is 0.893. The fraction of sp³-hybridized carbons (Fsp3) is 0.250. The molecule has 0 aliphatic carbocycles. The van der Waals surface area contributed by atoms with E-state index in [1.807, 2.05) is 19.1 Å². The molecule has 2 rings (SSSR count). The van der Waals surface area contributed by atoms with Crippen molar-refractivity contribution in [3.63, 3.8) is 0 Å². The molecule has 0 radical (unpaired) electrons. The number of rotatable bonds is 2. The lowest BCUT2D eigenvalue weighted by Gasteiger charge is -2.08. The van der Waals surface area contributed by atoms with Gasteiger partial charge in [0.15, 0.2) is 0 Å². The van der Waals surface area contributed by atoms with Crippen molar-refractivity contribution in [1.82, 2.24) is 4.98 Å². The van der Waals surface area contributed by atoms with Crippen LogP contribution in [0.2, 0.25) is 10.0 Å². The summed E-state index contributed by atoms with van der Waals surface area (Å²) in [5.74, 6) is 0. The van der Waals surface area contributed by atoms with Gasteiger partial charge in [-0.2, -0.15) is 0 Å². The predicted molar refractivity (Wildman–Crippen MR) is 69.3 cm³/mol. The summed E-state index contributed by atoms with van der Waals surface area (Å²) in [6.45, 7) is 2.55. The van der Waals surface area contributed by atoms with Crippen molar-refractivity contribution in [3.8, 4) is 0 Å². The molecule has 2 N–H and O–H groups in total. The summed E-state index contributed by atoms with van der Waals surface area (Å²) in [5, 5.41) is 2.21. The van der Waals surface area contributed by atoms with Crippen molar-refractivity contribution < 1.29 is 0 Å². The molecule has 0 fully saturated rings. The number of aromatic nitrogens is 1. The molecule has 0 saturated heterocycles. The molecule has 1 aromatic carbocycles. The number of aryl methyl sites for hydroxylation is 1. The first kappa shape index (κ1) is 11.6. The minimum absolute atomic E-state index is 0.587. The highest BCUT2D eigenvalue weighted by atomic mass is 35.5. The van der Waals surface area contributed by atoms with Gasteiger partial charge in [0.2, 0.25) is 0 Å². The highest BCUT2D eigenvalue weighted by Gasteiger charge is 2.08. The monoisotopic (exact) mass is 254 g/mol. The molecule has 0 atom stereocenters. The first-order valence-corrected chi connectivity index (χ1v) is 5.82. The lowest BCUT2D eigenvalue weighted by Crippen LogP contribution is -2.04. The Hall–Kier alpha value is -0.830. The molecule has 0 unspecified atom stereocenters. The average Bonchev–Trinajstić information content (AvgIpc) is 2.20. The Morgan fingerprint density at radius 2 is 2.00 bits per heavy atom. The summed E-state index contributed by atoms with van der Waals surface area (Å²) in [5.41, 5.74) is 8.48. The minimum atomic E-state index is 0.587. The Morgan fingerprint density at radius 3 is 2.69 bits per heavy atom. The van der Waals surface area contributed by atoms with Gasteiger partial charge in [0.1, 0.15) is 0 Å². The second-order valence-electron chi connectivity index (χ2n) is 3.75. The van der Waals surface area contributed by atoms with E-state index in [0.29, 0.717) is 16.6 Å². The van der Waals surface area contributed by atoms with Crippen LogP contribution < -0.4 is 5.73 Å². The number of fused-ring (bicyclic) bond motifs is 1. The van der Waals surface area contributed by atoms with Gasteiger partial charge in [0, 0.05) is 16.1 Å². The maximum atomic E-state index is 6.13. The number of pyridine rings is 1. The van der Waals surface area contributed by atoms with Crippen LogP contribution in [0, 0.1) is 6.92 Å². The first-order chi connectivity index (χ1) is 7.61. The summed E-state index contributed by atoms with van der Waals surface area (Å²) >= 11 is 12.1. The van der Waals surface area contributed by atoms with Crippen LogP contribution in [0.3, 0.4) is 0 Å². The molecule has 1 heterocycles. The van der Waals surface area contributed by atoms with Gasteiger partial charge in [-0.1, -0.05) is 23.2 Å². The Labute approximate surface area is 104 Å². The average molecular weight is 255 g/mol.